The minimum atomic E-state index is -2.85. The average Bonchev–Trinajstić information content (AvgIpc) is 2.98. The van der Waals surface area contributed by atoms with Gasteiger partial charge < -0.3 is 14.9 Å². The number of hydrogen-bond acceptors (Lipinski definition) is 7. The Morgan fingerprint density at radius 1 is 1.22 bits per heavy atom. The Hall–Kier alpha value is -1.16. The highest BCUT2D eigenvalue weighted by atomic mass is 32.1. The van der Waals surface area contributed by atoms with Gasteiger partial charge in [0, 0.05) is 10.8 Å². The number of ether oxygens (including phenoxy) is 1. The number of aliphatic hydroxyl groups is 2. The van der Waals surface area contributed by atoms with Gasteiger partial charge in [-0.2, -0.15) is 8.78 Å². The van der Waals surface area contributed by atoms with Crippen molar-refractivity contribution in [1.82, 2.24) is 9.97 Å². The second kappa shape index (κ2) is 8.03. The molecule has 2 N–H and O–H groups in total. The van der Waals surface area contributed by atoms with E-state index >= 15 is 0 Å². The van der Waals surface area contributed by atoms with Crippen LogP contribution in [0.15, 0.2) is 16.3 Å². The third-order valence-electron chi connectivity index (χ3n) is 1.53. The number of aliphatic hydroxyl groups excluding tert-OH is 2. The van der Waals surface area contributed by atoms with Crippen LogP contribution in [0.2, 0.25) is 0 Å². The molecule has 2 aromatic rings. The van der Waals surface area contributed by atoms with Crippen molar-refractivity contribution in [3.8, 4) is 5.19 Å². The van der Waals surface area contributed by atoms with Crippen LogP contribution >= 0.6 is 22.7 Å². The van der Waals surface area contributed by atoms with Crippen LogP contribution in [-0.2, 0) is 13.2 Å². The fourth-order valence-corrected chi connectivity index (χ4v) is 2.02. The molecule has 0 amide bonds. The zero-order valence-electron chi connectivity index (χ0n) is 8.99. The van der Waals surface area contributed by atoms with Crippen LogP contribution in [0.1, 0.15) is 11.4 Å². The maximum atomic E-state index is 11.5. The lowest BCUT2D eigenvalue weighted by molar-refractivity contribution is -0.0500. The van der Waals surface area contributed by atoms with E-state index in [1.54, 1.807) is 5.51 Å². The molecule has 5 nitrogen and oxygen atoms in total. The molecule has 0 saturated carbocycles. The summed E-state index contributed by atoms with van der Waals surface area (Å²) in [6, 6.07) is 0. The first-order chi connectivity index (χ1) is 8.65. The van der Waals surface area contributed by atoms with Gasteiger partial charge in [0.25, 0.3) is 5.19 Å². The van der Waals surface area contributed by atoms with Crippen LogP contribution in [0.4, 0.5) is 8.78 Å². The zero-order chi connectivity index (χ0) is 13.4. The van der Waals surface area contributed by atoms with Crippen LogP contribution in [0.25, 0.3) is 0 Å². The number of thiazole rings is 2. The summed E-state index contributed by atoms with van der Waals surface area (Å²) in [6.07, 6.45) is 0. The van der Waals surface area contributed by atoms with Gasteiger partial charge in [-0.05, 0) is 0 Å². The highest BCUT2D eigenvalue weighted by molar-refractivity contribution is 7.11. The molecule has 0 spiro atoms. The van der Waals surface area contributed by atoms with Crippen molar-refractivity contribution in [2.45, 2.75) is 19.8 Å². The van der Waals surface area contributed by atoms with Gasteiger partial charge in [-0.1, -0.05) is 11.3 Å². The van der Waals surface area contributed by atoms with Gasteiger partial charge in [0.1, 0.15) is 0 Å². The minimum Gasteiger partial charge on any atom is -0.408 e. The summed E-state index contributed by atoms with van der Waals surface area (Å²) in [4.78, 5) is 7.34. The predicted octanol–water partition coefficient (Wildman–Crippen LogP) is 1.87. The fourth-order valence-electron chi connectivity index (χ4n) is 0.807. The molecule has 0 bridgehead atoms. The average molecular weight is 296 g/mol. The Morgan fingerprint density at radius 2 is 1.94 bits per heavy atom. The number of alkyl halides is 2. The molecule has 0 radical (unpaired) electrons. The minimum absolute atomic E-state index is 0.0590. The van der Waals surface area contributed by atoms with Crippen molar-refractivity contribution < 1.29 is 23.7 Å². The molecule has 0 unspecified atom stereocenters. The molecule has 0 fully saturated rings. The quantitative estimate of drug-likeness (QED) is 0.901. The third-order valence-corrected chi connectivity index (χ3v) is 2.94. The predicted molar refractivity (Wildman–Crippen MR) is 62.7 cm³/mol. The second-order valence-electron chi connectivity index (χ2n) is 2.78. The standard InChI is InChI=1S/C5H5F2NO2S.C4H5NOS/c6-4(7)10-5-8-3(1-9)2-11-5;6-1-4-2-7-3-5-4/h2,4,9H,1H2;2-3,6H,1H2. The molecule has 0 aliphatic heterocycles. The van der Waals surface area contributed by atoms with Crippen LogP contribution in [-0.4, -0.2) is 26.8 Å². The van der Waals surface area contributed by atoms with E-state index in [-0.39, 0.29) is 18.4 Å². The second-order valence-corrected chi connectivity index (χ2v) is 4.32. The molecule has 0 saturated heterocycles. The lowest BCUT2D eigenvalue weighted by atomic mass is 10.5. The lowest BCUT2D eigenvalue weighted by Gasteiger charge is -1.96. The summed E-state index contributed by atoms with van der Waals surface area (Å²) in [5.41, 5.74) is 2.79. The smallest absolute Gasteiger partial charge is 0.389 e. The maximum absolute atomic E-state index is 11.5. The SMILES string of the molecule is OCc1csc(OC(F)F)n1.OCc1cscn1. The van der Waals surface area contributed by atoms with E-state index in [0.717, 1.165) is 17.0 Å². The van der Waals surface area contributed by atoms with Crippen molar-refractivity contribution in [1.29, 1.82) is 0 Å². The molecule has 0 aromatic carbocycles. The summed E-state index contributed by atoms with van der Waals surface area (Å²) < 4.78 is 27.0. The van der Waals surface area contributed by atoms with Gasteiger partial charge >= 0.3 is 6.61 Å². The Morgan fingerprint density at radius 3 is 2.33 bits per heavy atom. The molecule has 0 aliphatic carbocycles. The monoisotopic (exact) mass is 296 g/mol. The molecule has 0 atom stereocenters. The van der Waals surface area contributed by atoms with Gasteiger partial charge in [0.2, 0.25) is 0 Å². The Bertz CT molecular complexity index is 437. The summed E-state index contributed by atoms with van der Waals surface area (Å²) in [7, 11) is 0. The summed E-state index contributed by atoms with van der Waals surface area (Å²) in [6.45, 7) is -3.06. The molecular weight excluding hydrogens is 286 g/mol. The Kier molecular flexibility index (Phi) is 6.65. The van der Waals surface area contributed by atoms with Crippen molar-refractivity contribution in [3.05, 3.63) is 27.7 Å². The van der Waals surface area contributed by atoms with Crippen LogP contribution in [0, 0.1) is 0 Å². The number of aromatic nitrogens is 2. The van der Waals surface area contributed by atoms with Crippen LogP contribution in [0.3, 0.4) is 0 Å². The third kappa shape index (κ3) is 5.45. The Labute approximate surface area is 109 Å². The van der Waals surface area contributed by atoms with Gasteiger partial charge in [-0.3, -0.25) is 0 Å². The van der Waals surface area contributed by atoms with Gasteiger partial charge in [0.15, 0.2) is 0 Å². The van der Waals surface area contributed by atoms with Gasteiger partial charge in [-0.15, -0.1) is 11.3 Å². The first-order valence-electron chi connectivity index (χ1n) is 4.63. The van der Waals surface area contributed by atoms with Crippen molar-refractivity contribution in [2.24, 2.45) is 0 Å². The zero-order valence-corrected chi connectivity index (χ0v) is 10.6. The molecule has 9 heteroatoms. The van der Waals surface area contributed by atoms with Crippen molar-refractivity contribution in [3.63, 3.8) is 0 Å². The fraction of sp³-hybridized carbons (Fsp3) is 0.333. The largest absolute Gasteiger partial charge is 0.408 e. The highest BCUT2D eigenvalue weighted by Crippen LogP contribution is 2.19. The van der Waals surface area contributed by atoms with E-state index in [9.17, 15) is 8.78 Å². The molecular formula is C9H10F2N2O3S2. The number of hydrogen-bond donors (Lipinski definition) is 2. The molecule has 100 valence electrons. The first-order valence-corrected chi connectivity index (χ1v) is 6.46. The Balaban J connectivity index is 0.000000199. The van der Waals surface area contributed by atoms with Crippen LogP contribution < -0.4 is 4.74 Å². The number of rotatable bonds is 4. The molecule has 2 aromatic heterocycles. The van der Waals surface area contributed by atoms with Gasteiger partial charge in [-0.25, -0.2) is 9.97 Å². The van der Waals surface area contributed by atoms with Crippen LogP contribution in [0.5, 0.6) is 5.19 Å². The molecule has 0 aliphatic rings. The lowest BCUT2D eigenvalue weighted by Crippen LogP contribution is -2.01. The topological polar surface area (TPSA) is 75.5 Å². The molecule has 18 heavy (non-hydrogen) atoms. The summed E-state index contributed by atoms with van der Waals surface area (Å²) in [5, 5.41) is 20.0. The van der Waals surface area contributed by atoms with E-state index in [2.05, 4.69) is 14.7 Å². The van der Waals surface area contributed by atoms with Crippen molar-refractivity contribution >= 4 is 22.7 Å². The van der Waals surface area contributed by atoms with E-state index < -0.39 is 6.61 Å². The number of nitrogens with zero attached hydrogens (tertiary/aromatic N) is 2. The van der Waals surface area contributed by atoms with Gasteiger partial charge in [0.05, 0.1) is 30.1 Å². The summed E-state index contributed by atoms with van der Waals surface area (Å²) in [5.74, 6) is 0. The van der Waals surface area contributed by atoms with E-state index in [4.69, 9.17) is 10.2 Å². The molecule has 2 rings (SSSR count). The maximum Gasteiger partial charge on any atom is 0.389 e. The highest BCUT2D eigenvalue weighted by Gasteiger charge is 2.07. The molecule has 2 heterocycles. The van der Waals surface area contributed by atoms with E-state index in [1.165, 1.54) is 16.7 Å². The normalized spacial score (nSPS) is 10.1. The first kappa shape index (κ1) is 14.9. The van der Waals surface area contributed by atoms with E-state index in [0.29, 0.717) is 5.69 Å². The summed E-state index contributed by atoms with van der Waals surface area (Å²) >= 11 is 2.42. The van der Waals surface area contributed by atoms with Crippen molar-refractivity contribution in [2.75, 3.05) is 0 Å². The van der Waals surface area contributed by atoms with E-state index in [1.807, 2.05) is 5.38 Å². The number of halogens is 2.